The third-order valence-corrected chi connectivity index (χ3v) is 0.921. The van der Waals surface area contributed by atoms with Crippen molar-refractivity contribution in [3.8, 4) is 0 Å². The molecular formula is CH3F2NS2. The predicted molar refractivity (Wildman–Crippen MR) is 25.2 cm³/mol. The van der Waals surface area contributed by atoms with E-state index >= 15 is 0 Å². The van der Waals surface area contributed by atoms with Crippen LogP contribution >= 0.6 is 24.7 Å². The highest BCUT2D eigenvalue weighted by atomic mass is 32.3. The van der Waals surface area contributed by atoms with E-state index in [1.165, 1.54) is 7.05 Å². The first-order valence-corrected chi connectivity index (χ1v) is 2.47. The summed E-state index contributed by atoms with van der Waals surface area (Å²) in [5, 5.41) is 0. The van der Waals surface area contributed by atoms with Gasteiger partial charge < -0.3 is 0 Å². The average molecular weight is 131 g/mol. The largest absolute Gasteiger partial charge is 0.147 e. The molecule has 0 aliphatic carbocycles. The topological polar surface area (TPSA) is 3.24 Å². The van der Waals surface area contributed by atoms with E-state index in [4.69, 9.17) is 0 Å². The van der Waals surface area contributed by atoms with Crippen molar-refractivity contribution in [3.63, 3.8) is 0 Å². The number of halogens is 2. The van der Waals surface area contributed by atoms with E-state index in [-0.39, 0.29) is 24.7 Å². The van der Waals surface area contributed by atoms with Crippen LogP contribution in [0.25, 0.3) is 0 Å². The van der Waals surface area contributed by atoms with E-state index in [0.29, 0.717) is 0 Å². The van der Waals surface area contributed by atoms with Crippen molar-refractivity contribution in [3.05, 3.63) is 0 Å². The maximum absolute atomic E-state index is 11.0. The molecule has 1 nitrogen and oxygen atoms in total. The molecule has 6 heavy (non-hydrogen) atoms. The van der Waals surface area contributed by atoms with Gasteiger partial charge in [-0.05, 0) is 0 Å². The summed E-state index contributed by atoms with van der Waals surface area (Å²) in [4.78, 5) is 0. The van der Waals surface area contributed by atoms with Gasteiger partial charge in [0.2, 0.25) is 0 Å². The number of nitrogens with zero attached hydrogens (tertiary/aromatic N) is 1. The molecule has 0 aliphatic heterocycles. The Morgan fingerprint density at radius 2 is 1.67 bits per heavy atom. The van der Waals surface area contributed by atoms with Crippen LogP contribution in [0.2, 0.25) is 0 Å². The van der Waals surface area contributed by atoms with Gasteiger partial charge >= 0.3 is 0 Å². The van der Waals surface area contributed by atoms with Gasteiger partial charge in [-0.1, -0.05) is 0 Å². The maximum atomic E-state index is 11.0. The average Bonchev–Trinajstić information content (AvgIpc) is 1.65. The smallest absolute Gasteiger partial charge is 0.146 e. The van der Waals surface area contributed by atoms with E-state index in [2.05, 4.69) is 0 Å². The summed E-state index contributed by atoms with van der Waals surface area (Å²) >= 11 is -0.308. The summed E-state index contributed by atoms with van der Waals surface area (Å²) in [6.45, 7) is 0. The molecule has 0 saturated carbocycles. The van der Waals surface area contributed by atoms with Crippen molar-refractivity contribution >= 4 is 24.7 Å². The standard InChI is InChI=1S/CH3F2NS2/c1-4(5-2)6-3/h1H3. The van der Waals surface area contributed by atoms with E-state index < -0.39 is 0 Å². The van der Waals surface area contributed by atoms with Crippen LogP contribution in [-0.4, -0.2) is 10.8 Å². The van der Waals surface area contributed by atoms with E-state index in [1.807, 2.05) is 0 Å². The number of rotatable bonds is 2. The molecule has 5 heteroatoms. The third kappa shape index (κ3) is 2.74. The van der Waals surface area contributed by atoms with Crippen LogP contribution in [0.15, 0.2) is 0 Å². The Kier molecular flexibility index (Phi) is 4.02. The molecule has 0 aliphatic rings. The van der Waals surface area contributed by atoms with Gasteiger partial charge in [-0.2, -0.15) is 0 Å². The fraction of sp³-hybridized carbons (Fsp3) is 1.00. The molecule has 0 atom stereocenters. The van der Waals surface area contributed by atoms with Gasteiger partial charge in [0.1, 0.15) is 24.7 Å². The van der Waals surface area contributed by atoms with Crippen molar-refractivity contribution in [1.82, 2.24) is 3.71 Å². The van der Waals surface area contributed by atoms with Gasteiger partial charge in [0.15, 0.2) is 0 Å². The Morgan fingerprint density at radius 3 is 1.67 bits per heavy atom. The highest BCUT2D eigenvalue weighted by Gasteiger charge is 1.93. The van der Waals surface area contributed by atoms with Crippen LogP contribution < -0.4 is 0 Å². The second-order valence-corrected chi connectivity index (χ2v) is 2.18. The molecular weight excluding hydrogens is 128 g/mol. The van der Waals surface area contributed by atoms with Crippen molar-refractivity contribution in [2.24, 2.45) is 0 Å². The first kappa shape index (κ1) is 6.52. The van der Waals surface area contributed by atoms with Gasteiger partial charge in [0, 0.05) is 7.05 Å². The molecule has 38 valence electrons. The monoisotopic (exact) mass is 131 g/mol. The lowest BCUT2D eigenvalue weighted by atomic mass is 11.6. The van der Waals surface area contributed by atoms with Crippen LogP contribution in [0.3, 0.4) is 0 Å². The zero-order chi connectivity index (χ0) is 4.99. The Morgan fingerprint density at radius 1 is 1.33 bits per heavy atom. The fourth-order valence-corrected chi connectivity index (χ4v) is 0.0958. The first-order valence-electron chi connectivity index (χ1n) is 1.12. The molecule has 0 aromatic rings. The third-order valence-electron chi connectivity index (χ3n) is 0.194. The molecule has 0 fully saturated rings. The fourth-order valence-electron chi connectivity index (χ4n) is 0.0106. The van der Waals surface area contributed by atoms with Crippen molar-refractivity contribution < 1.29 is 7.77 Å². The normalized spacial score (nSPS) is 10.0. The predicted octanol–water partition coefficient (Wildman–Crippen LogP) is 1.98. The highest BCUT2D eigenvalue weighted by Crippen LogP contribution is 2.18. The Hall–Kier alpha value is 0.520. The minimum absolute atomic E-state index is 0.154. The zero-order valence-corrected chi connectivity index (χ0v) is 4.65. The molecule has 0 rings (SSSR count). The molecule has 0 unspecified atom stereocenters. The summed E-state index contributed by atoms with van der Waals surface area (Å²) in [5.74, 6) is 0. The summed E-state index contributed by atoms with van der Waals surface area (Å²) in [6, 6.07) is 0. The SMILES string of the molecule is CN(SF)SF. The van der Waals surface area contributed by atoms with Gasteiger partial charge in [0.25, 0.3) is 0 Å². The molecule has 0 bridgehead atoms. The van der Waals surface area contributed by atoms with E-state index in [9.17, 15) is 7.77 Å². The lowest BCUT2D eigenvalue weighted by molar-refractivity contribution is 0.788. The molecule has 0 N–H and O–H groups in total. The summed E-state index contributed by atoms with van der Waals surface area (Å²) < 4.78 is 22.7. The zero-order valence-electron chi connectivity index (χ0n) is 3.02. The van der Waals surface area contributed by atoms with E-state index in [1.54, 1.807) is 0 Å². The van der Waals surface area contributed by atoms with Gasteiger partial charge in [-0.15, -0.1) is 11.5 Å². The molecule has 0 aromatic heterocycles. The van der Waals surface area contributed by atoms with Crippen molar-refractivity contribution in [2.45, 2.75) is 0 Å². The lowest BCUT2D eigenvalue weighted by Gasteiger charge is -1.95. The molecule has 0 aromatic carbocycles. The van der Waals surface area contributed by atoms with E-state index in [0.717, 1.165) is 3.71 Å². The Labute approximate surface area is 43.9 Å². The van der Waals surface area contributed by atoms with Gasteiger partial charge in [-0.25, -0.2) is 0 Å². The van der Waals surface area contributed by atoms with Gasteiger partial charge in [0.05, 0.1) is 0 Å². The van der Waals surface area contributed by atoms with Crippen LogP contribution in [0.4, 0.5) is 7.77 Å². The van der Waals surface area contributed by atoms with Crippen LogP contribution in [0.5, 0.6) is 0 Å². The second kappa shape index (κ2) is 3.70. The number of hydrogen-bond acceptors (Lipinski definition) is 3. The first-order chi connectivity index (χ1) is 2.81. The van der Waals surface area contributed by atoms with Crippen molar-refractivity contribution in [2.75, 3.05) is 7.05 Å². The van der Waals surface area contributed by atoms with Crippen LogP contribution in [-0.2, 0) is 0 Å². The van der Waals surface area contributed by atoms with Crippen LogP contribution in [0.1, 0.15) is 0 Å². The molecule has 0 spiro atoms. The molecule has 0 saturated heterocycles. The second-order valence-electron chi connectivity index (χ2n) is 0.578. The lowest BCUT2D eigenvalue weighted by Crippen LogP contribution is -1.87. The quantitative estimate of drug-likeness (QED) is 0.527. The molecule has 0 heterocycles. The minimum Gasteiger partial charge on any atom is -0.146 e. The number of hydrogen-bond donors (Lipinski definition) is 0. The highest BCUT2D eigenvalue weighted by molar-refractivity contribution is 8.07. The molecule has 0 amide bonds. The summed E-state index contributed by atoms with van der Waals surface area (Å²) in [5.41, 5.74) is 0. The Balaban J connectivity index is 2.75. The maximum Gasteiger partial charge on any atom is 0.147 e. The molecule has 0 radical (unpaired) electrons. The summed E-state index contributed by atoms with van der Waals surface area (Å²) in [6.07, 6.45) is 0. The van der Waals surface area contributed by atoms with Crippen molar-refractivity contribution in [1.29, 1.82) is 0 Å². The van der Waals surface area contributed by atoms with Crippen LogP contribution in [0, 0.1) is 0 Å². The minimum atomic E-state index is -0.154. The Bertz CT molecular complexity index is 30.7. The summed E-state index contributed by atoms with van der Waals surface area (Å²) in [7, 11) is 1.29. The van der Waals surface area contributed by atoms with Gasteiger partial charge in [-0.3, -0.25) is 0 Å².